The van der Waals surface area contributed by atoms with Crippen LogP contribution in [0.3, 0.4) is 0 Å². The number of aromatic nitrogens is 2. The molecule has 0 amide bonds. The van der Waals surface area contributed by atoms with E-state index >= 15 is 0 Å². The van der Waals surface area contributed by atoms with Crippen LogP contribution >= 0.6 is 0 Å². The molecule has 0 atom stereocenters. The van der Waals surface area contributed by atoms with Gasteiger partial charge in [-0.25, -0.2) is 4.79 Å². The summed E-state index contributed by atoms with van der Waals surface area (Å²) in [5.74, 6) is 0. The number of aromatic amines is 1. The third kappa shape index (κ3) is 3.27. The van der Waals surface area contributed by atoms with Gasteiger partial charge in [0.25, 0.3) is 5.56 Å². The summed E-state index contributed by atoms with van der Waals surface area (Å²) < 4.78 is 1.43. The molecule has 0 saturated carbocycles. The van der Waals surface area contributed by atoms with Gasteiger partial charge in [-0.3, -0.25) is 14.3 Å². The van der Waals surface area contributed by atoms with Crippen molar-refractivity contribution in [3.05, 3.63) is 27.0 Å². The Kier molecular flexibility index (Phi) is 3.02. The number of H-pyrrole nitrogens is 1. The topological polar surface area (TPSA) is 80.9 Å². The fraction of sp³-hybridized carbons (Fsp3) is 0.600. The highest BCUT2D eigenvalue weighted by atomic mass is 16.2. The smallest absolute Gasteiger partial charge is 0.328 e. The predicted molar refractivity (Wildman–Crippen MR) is 59.8 cm³/mol. The molecule has 0 bridgehead atoms. The highest BCUT2D eigenvalue weighted by molar-refractivity contribution is 5.30. The van der Waals surface area contributed by atoms with Crippen LogP contribution < -0.4 is 17.0 Å². The van der Waals surface area contributed by atoms with E-state index in [0.717, 1.165) is 6.42 Å². The van der Waals surface area contributed by atoms with Crippen LogP contribution in [0.25, 0.3) is 0 Å². The summed E-state index contributed by atoms with van der Waals surface area (Å²) in [6.45, 7) is 6.83. The number of hydrogen-bond acceptors (Lipinski definition) is 3. The molecule has 0 aliphatic carbocycles. The Morgan fingerprint density at radius 1 is 1.40 bits per heavy atom. The molecule has 0 aliphatic heterocycles. The van der Waals surface area contributed by atoms with Gasteiger partial charge in [0.05, 0.1) is 0 Å². The summed E-state index contributed by atoms with van der Waals surface area (Å²) in [6, 6.07) is 0. The monoisotopic (exact) mass is 211 g/mol. The van der Waals surface area contributed by atoms with Crippen LogP contribution in [-0.4, -0.2) is 9.55 Å². The van der Waals surface area contributed by atoms with Gasteiger partial charge in [-0.1, -0.05) is 20.8 Å². The maximum Gasteiger partial charge on any atom is 0.328 e. The van der Waals surface area contributed by atoms with E-state index in [1.807, 2.05) is 0 Å². The van der Waals surface area contributed by atoms with Crippen molar-refractivity contribution in [2.75, 3.05) is 5.73 Å². The fourth-order valence-corrected chi connectivity index (χ4v) is 1.15. The molecule has 0 radical (unpaired) electrons. The summed E-state index contributed by atoms with van der Waals surface area (Å²) >= 11 is 0. The summed E-state index contributed by atoms with van der Waals surface area (Å²) in [5, 5.41) is 0. The Labute approximate surface area is 87.9 Å². The normalized spacial score (nSPS) is 11.7. The summed E-state index contributed by atoms with van der Waals surface area (Å²) in [6.07, 6.45) is 2.24. The van der Waals surface area contributed by atoms with Crippen LogP contribution in [0, 0.1) is 5.41 Å². The fourth-order valence-electron chi connectivity index (χ4n) is 1.15. The van der Waals surface area contributed by atoms with Crippen LogP contribution in [0.1, 0.15) is 27.2 Å². The molecule has 1 rings (SSSR count). The number of aryl methyl sites for hydroxylation is 1. The third-order valence-corrected chi connectivity index (χ3v) is 2.14. The van der Waals surface area contributed by atoms with E-state index in [1.165, 1.54) is 10.8 Å². The number of nitrogens with zero attached hydrogens (tertiary/aromatic N) is 1. The van der Waals surface area contributed by atoms with Crippen LogP contribution in [0.5, 0.6) is 0 Å². The van der Waals surface area contributed by atoms with Gasteiger partial charge >= 0.3 is 5.69 Å². The third-order valence-electron chi connectivity index (χ3n) is 2.14. The van der Waals surface area contributed by atoms with E-state index in [4.69, 9.17) is 5.73 Å². The maximum atomic E-state index is 11.4. The highest BCUT2D eigenvalue weighted by Gasteiger charge is 2.11. The second-order valence-electron chi connectivity index (χ2n) is 4.85. The molecule has 0 saturated heterocycles. The molecule has 0 aliphatic rings. The van der Waals surface area contributed by atoms with E-state index < -0.39 is 11.2 Å². The molecule has 0 spiro atoms. The Morgan fingerprint density at radius 3 is 2.53 bits per heavy atom. The van der Waals surface area contributed by atoms with Crippen molar-refractivity contribution in [1.29, 1.82) is 0 Å². The first-order valence-electron chi connectivity index (χ1n) is 4.89. The minimum absolute atomic E-state index is 0.0727. The Balaban J connectivity index is 2.92. The van der Waals surface area contributed by atoms with Crippen molar-refractivity contribution in [2.45, 2.75) is 33.7 Å². The standard InChI is InChI=1S/C10H17N3O2/c1-10(2,3)4-5-13-6-7(11)8(14)12-9(13)15/h6H,4-5,11H2,1-3H3,(H,12,14,15). The van der Waals surface area contributed by atoms with Crippen molar-refractivity contribution in [1.82, 2.24) is 9.55 Å². The first kappa shape index (κ1) is 11.6. The van der Waals surface area contributed by atoms with E-state index in [-0.39, 0.29) is 11.1 Å². The zero-order valence-electron chi connectivity index (χ0n) is 9.33. The molecule has 5 nitrogen and oxygen atoms in total. The van der Waals surface area contributed by atoms with Gasteiger partial charge in [0.1, 0.15) is 5.69 Å². The minimum Gasteiger partial charge on any atom is -0.393 e. The first-order valence-corrected chi connectivity index (χ1v) is 4.89. The lowest BCUT2D eigenvalue weighted by atomic mass is 9.92. The number of nitrogens with one attached hydrogen (secondary N) is 1. The zero-order chi connectivity index (χ0) is 11.6. The van der Waals surface area contributed by atoms with Crippen LogP contribution in [0.15, 0.2) is 15.8 Å². The average molecular weight is 211 g/mol. The zero-order valence-corrected chi connectivity index (χ0v) is 9.33. The van der Waals surface area contributed by atoms with E-state index in [2.05, 4.69) is 25.8 Å². The maximum absolute atomic E-state index is 11.4. The van der Waals surface area contributed by atoms with Gasteiger partial charge in [0, 0.05) is 12.7 Å². The minimum atomic E-state index is -0.521. The number of anilines is 1. The van der Waals surface area contributed by atoms with E-state index in [0.29, 0.717) is 6.54 Å². The van der Waals surface area contributed by atoms with Gasteiger partial charge < -0.3 is 5.73 Å². The van der Waals surface area contributed by atoms with E-state index in [1.54, 1.807) is 0 Å². The van der Waals surface area contributed by atoms with Gasteiger partial charge in [-0.05, 0) is 11.8 Å². The largest absolute Gasteiger partial charge is 0.393 e. The molecule has 0 fully saturated rings. The molecule has 15 heavy (non-hydrogen) atoms. The lowest BCUT2D eigenvalue weighted by Gasteiger charge is -2.18. The first-order chi connectivity index (χ1) is 6.79. The molecule has 1 aromatic rings. The predicted octanol–water partition coefficient (Wildman–Crippen LogP) is 0.555. The molecule has 3 N–H and O–H groups in total. The lowest BCUT2D eigenvalue weighted by Crippen LogP contribution is -2.31. The molecular formula is C10H17N3O2. The summed E-state index contributed by atoms with van der Waals surface area (Å²) in [4.78, 5) is 24.5. The Bertz CT molecular complexity index is 451. The van der Waals surface area contributed by atoms with Crippen molar-refractivity contribution in [3.8, 4) is 0 Å². The molecule has 0 aromatic carbocycles. The van der Waals surface area contributed by atoms with Gasteiger partial charge in [-0.2, -0.15) is 0 Å². The average Bonchev–Trinajstić information content (AvgIpc) is 2.07. The quantitative estimate of drug-likeness (QED) is 0.749. The molecule has 1 heterocycles. The van der Waals surface area contributed by atoms with Crippen LogP contribution in [0.4, 0.5) is 5.69 Å². The molecular weight excluding hydrogens is 194 g/mol. The van der Waals surface area contributed by atoms with Crippen molar-refractivity contribution in [3.63, 3.8) is 0 Å². The molecule has 5 heteroatoms. The summed E-state index contributed by atoms with van der Waals surface area (Å²) in [5.41, 5.74) is 4.72. The van der Waals surface area contributed by atoms with Crippen LogP contribution in [0.2, 0.25) is 0 Å². The van der Waals surface area contributed by atoms with Crippen molar-refractivity contribution < 1.29 is 0 Å². The second-order valence-corrected chi connectivity index (χ2v) is 4.85. The van der Waals surface area contributed by atoms with Gasteiger partial charge in [0.15, 0.2) is 0 Å². The number of rotatable bonds is 2. The van der Waals surface area contributed by atoms with Gasteiger partial charge in [0.2, 0.25) is 0 Å². The van der Waals surface area contributed by atoms with E-state index in [9.17, 15) is 9.59 Å². The molecule has 84 valence electrons. The number of hydrogen-bond donors (Lipinski definition) is 2. The molecule has 1 aromatic heterocycles. The number of nitrogens with two attached hydrogens (primary N) is 1. The van der Waals surface area contributed by atoms with Gasteiger partial charge in [-0.15, -0.1) is 0 Å². The lowest BCUT2D eigenvalue weighted by molar-refractivity contribution is 0.346. The summed E-state index contributed by atoms with van der Waals surface area (Å²) in [7, 11) is 0. The number of nitrogen functional groups attached to an aromatic ring is 1. The van der Waals surface area contributed by atoms with Crippen molar-refractivity contribution in [2.24, 2.45) is 5.41 Å². The SMILES string of the molecule is CC(C)(C)CCn1cc(N)c(=O)[nH]c1=O. The highest BCUT2D eigenvalue weighted by Crippen LogP contribution is 2.18. The van der Waals surface area contributed by atoms with Crippen LogP contribution in [-0.2, 0) is 6.54 Å². The Morgan fingerprint density at radius 2 is 2.00 bits per heavy atom. The van der Waals surface area contributed by atoms with Crippen molar-refractivity contribution >= 4 is 5.69 Å². The molecule has 0 unspecified atom stereocenters. The Hall–Kier alpha value is -1.52. The second kappa shape index (κ2) is 3.92.